The first kappa shape index (κ1) is 18.3. The standard InChI is InChI=1S/C20H17FN2O4/c1-11(24)17-18(15-5-3-4-6-16(15)21)23(20(27)19(17)26)14-9-7-13(8-10-14)22-12(2)25/h3-10,18,26H,1-2H3,(H,22,25)/t18-/m1/s1. The SMILES string of the molecule is CC(=O)Nc1ccc(N2C(=O)C(O)=C(C(C)=O)[C@H]2c2ccccc2F)cc1. The van der Waals surface area contributed by atoms with Gasteiger partial charge in [-0.25, -0.2) is 4.39 Å². The first-order chi connectivity index (χ1) is 12.8. The lowest BCUT2D eigenvalue weighted by Gasteiger charge is -2.27. The zero-order chi connectivity index (χ0) is 19.7. The van der Waals surface area contributed by atoms with Gasteiger partial charge in [0, 0.05) is 23.9 Å². The zero-order valence-electron chi connectivity index (χ0n) is 14.7. The molecule has 138 valence electrons. The number of halogens is 1. The first-order valence-electron chi connectivity index (χ1n) is 8.21. The monoisotopic (exact) mass is 368 g/mol. The number of nitrogens with zero attached hydrogens (tertiary/aromatic N) is 1. The van der Waals surface area contributed by atoms with Crippen molar-refractivity contribution in [2.75, 3.05) is 10.2 Å². The minimum Gasteiger partial charge on any atom is -0.503 e. The number of aliphatic hydroxyl groups is 1. The Kier molecular flexibility index (Phi) is 4.77. The number of anilines is 2. The zero-order valence-corrected chi connectivity index (χ0v) is 14.7. The lowest BCUT2D eigenvalue weighted by molar-refractivity contribution is -0.117. The van der Waals surface area contributed by atoms with Crippen molar-refractivity contribution in [2.24, 2.45) is 0 Å². The lowest BCUT2D eigenvalue weighted by Crippen LogP contribution is -2.31. The van der Waals surface area contributed by atoms with Crippen LogP contribution in [0.4, 0.5) is 15.8 Å². The maximum Gasteiger partial charge on any atom is 0.294 e. The van der Waals surface area contributed by atoms with E-state index in [1.807, 2.05) is 0 Å². The number of carbonyl (C=O) groups excluding carboxylic acids is 3. The minimum atomic E-state index is -1.08. The van der Waals surface area contributed by atoms with E-state index in [0.29, 0.717) is 11.4 Å². The predicted molar refractivity (Wildman–Crippen MR) is 97.7 cm³/mol. The van der Waals surface area contributed by atoms with Gasteiger partial charge in [0.25, 0.3) is 5.91 Å². The molecule has 1 aliphatic heterocycles. The molecule has 0 aliphatic carbocycles. The quantitative estimate of drug-likeness (QED) is 0.867. The number of carbonyl (C=O) groups is 3. The number of aliphatic hydroxyl groups excluding tert-OH is 1. The average molecular weight is 368 g/mol. The summed E-state index contributed by atoms with van der Waals surface area (Å²) < 4.78 is 14.4. The van der Waals surface area contributed by atoms with Crippen molar-refractivity contribution < 1.29 is 23.9 Å². The smallest absolute Gasteiger partial charge is 0.294 e. The Hall–Kier alpha value is -3.48. The summed E-state index contributed by atoms with van der Waals surface area (Å²) in [5.41, 5.74) is 0.816. The lowest BCUT2D eigenvalue weighted by atomic mass is 9.96. The minimum absolute atomic E-state index is 0.103. The Labute approximate surface area is 154 Å². The van der Waals surface area contributed by atoms with Crippen LogP contribution in [0, 0.1) is 5.82 Å². The van der Waals surface area contributed by atoms with Gasteiger partial charge in [-0.05, 0) is 37.3 Å². The number of Topliss-reactive ketones (excluding diaryl/α,β-unsaturated/α-hetero) is 1. The highest BCUT2D eigenvalue weighted by atomic mass is 19.1. The maximum atomic E-state index is 14.4. The Morgan fingerprint density at radius 1 is 1.07 bits per heavy atom. The second-order valence-electron chi connectivity index (χ2n) is 6.15. The molecule has 0 saturated carbocycles. The van der Waals surface area contributed by atoms with Crippen LogP contribution < -0.4 is 10.2 Å². The van der Waals surface area contributed by atoms with Gasteiger partial charge < -0.3 is 10.4 Å². The summed E-state index contributed by atoms with van der Waals surface area (Å²) in [5.74, 6) is -2.85. The molecule has 0 bridgehead atoms. The molecule has 0 fully saturated rings. The van der Waals surface area contributed by atoms with Crippen LogP contribution in [0.1, 0.15) is 25.5 Å². The number of hydrogen-bond acceptors (Lipinski definition) is 4. The first-order valence-corrected chi connectivity index (χ1v) is 8.21. The van der Waals surface area contributed by atoms with Gasteiger partial charge in [-0.3, -0.25) is 19.3 Å². The molecular formula is C20H17FN2O4. The Morgan fingerprint density at radius 3 is 2.26 bits per heavy atom. The summed E-state index contributed by atoms with van der Waals surface area (Å²) in [6, 6.07) is 10.9. The van der Waals surface area contributed by atoms with Crippen LogP contribution in [-0.4, -0.2) is 22.7 Å². The molecule has 3 rings (SSSR count). The summed E-state index contributed by atoms with van der Waals surface area (Å²) >= 11 is 0. The van der Waals surface area contributed by atoms with E-state index in [-0.39, 0.29) is 17.0 Å². The molecule has 2 N–H and O–H groups in total. The highest BCUT2D eigenvalue weighted by Crippen LogP contribution is 2.41. The second-order valence-corrected chi connectivity index (χ2v) is 6.15. The number of benzene rings is 2. The predicted octanol–water partition coefficient (Wildman–Crippen LogP) is 3.27. The largest absolute Gasteiger partial charge is 0.503 e. The molecule has 0 saturated heterocycles. The normalized spacial score (nSPS) is 16.6. The highest BCUT2D eigenvalue weighted by molar-refractivity contribution is 6.16. The molecule has 1 aliphatic rings. The van der Waals surface area contributed by atoms with E-state index in [9.17, 15) is 23.9 Å². The van der Waals surface area contributed by atoms with Crippen molar-refractivity contribution in [1.29, 1.82) is 0 Å². The van der Waals surface area contributed by atoms with Gasteiger partial charge in [0.2, 0.25) is 5.91 Å². The second kappa shape index (κ2) is 7.03. The van der Waals surface area contributed by atoms with Crippen LogP contribution in [0.15, 0.2) is 59.9 Å². The Bertz CT molecular complexity index is 966. The molecule has 6 nitrogen and oxygen atoms in total. The molecule has 0 unspecified atom stereocenters. The number of ketones is 1. The fourth-order valence-corrected chi connectivity index (χ4v) is 3.13. The van der Waals surface area contributed by atoms with Crippen molar-refractivity contribution in [3.8, 4) is 0 Å². The van der Waals surface area contributed by atoms with Crippen LogP contribution in [0.5, 0.6) is 0 Å². The van der Waals surface area contributed by atoms with E-state index in [2.05, 4.69) is 5.32 Å². The van der Waals surface area contributed by atoms with Crippen molar-refractivity contribution in [2.45, 2.75) is 19.9 Å². The van der Waals surface area contributed by atoms with Crippen molar-refractivity contribution in [3.05, 3.63) is 71.2 Å². The molecule has 0 spiro atoms. The van der Waals surface area contributed by atoms with Crippen LogP contribution in [0.2, 0.25) is 0 Å². The van der Waals surface area contributed by atoms with Gasteiger partial charge in [-0.2, -0.15) is 0 Å². The topological polar surface area (TPSA) is 86.7 Å². The summed E-state index contributed by atoms with van der Waals surface area (Å²) in [4.78, 5) is 37.1. The molecule has 0 aromatic heterocycles. The van der Waals surface area contributed by atoms with Gasteiger partial charge in [-0.15, -0.1) is 0 Å². The van der Waals surface area contributed by atoms with Crippen molar-refractivity contribution >= 4 is 29.0 Å². The van der Waals surface area contributed by atoms with Gasteiger partial charge in [-0.1, -0.05) is 18.2 Å². The van der Waals surface area contributed by atoms with Gasteiger partial charge in [0.1, 0.15) is 5.82 Å². The van der Waals surface area contributed by atoms with Gasteiger partial charge >= 0.3 is 0 Å². The third-order valence-corrected chi connectivity index (χ3v) is 4.25. The van der Waals surface area contributed by atoms with Crippen molar-refractivity contribution in [3.63, 3.8) is 0 Å². The molecule has 27 heavy (non-hydrogen) atoms. The third kappa shape index (κ3) is 3.31. The maximum absolute atomic E-state index is 14.4. The molecule has 1 heterocycles. The highest BCUT2D eigenvalue weighted by Gasteiger charge is 2.44. The van der Waals surface area contributed by atoms with E-state index in [1.165, 1.54) is 36.9 Å². The van der Waals surface area contributed by atoms with Crippen LogP contribution >= 0.6 is 0 Å². The molecular weight excluding hydrogens is 351 g/mol. The van der Waals surface area contributed by atoms with Gasteiger partial charge in [0.05, 0.1) is 11.6 Å². The van der Waals surface area contributed by atoms with E-state index in [1.54, 1.807) is 30.3 Å². The molecule has 1 atom stereocenters. The van der Waals surface area contributed by atoms with E-state index in [0.717, 1.165) is 0 Å². The number of hydrogen-bond donors (Lipinski definition) is 2. The van der Waals surface area contributed by atoms with Crippen LogP contribution in [0.3, 0.4) is 0 Å². The number of amides is 2. The van der Waals surface area contributed by atoms with E-state index >= 15 is 0 Å². The number of rotatable bonds is 4. The molecule has 2 amide bonds. The fourth-order valence-electron chi connectivity index (χ4n) is 3.13. The Morgan fingerprint density at radius 2 is 1.70 bits per heavy atom. The van der Waals surface area contributed by atoms with Gasteiger partial charge in [0.15, 0.2) is 11.5 Å². The van der Waals surface area contributed by atoms with Crippen LogP contribution in [0.25, 0.3) is 0 Å². The fraction of sp³-hybridized carbons (Fsp3) is 0.150. The Balaban J connectivity index is 2.10. The summed E-state index contributed by atoms with van der Waals surface area (Å²) in [6.45, 7) is 2.59. The van der Waals surface area contributed by atoms with E-state index in [4.69, 9.17) is 0 Å². The third-order valence-electron chi connectivity index (χ3n) is 4.25. The number of nitrogens with one attached hydrogen (secondary N) is 1. The summed E-state index contributed by atoms with van der Waals surface area (Å²) in [6.07, 6.45) is 0. The molecule has 7 heteroatoms. The molecule has 2 aromatic rings. The van der Waals surface area contributed by atoms with E-state index < -0.39 is 29.3 Å². The summed E-state index contributed by atoms with van der Waals surface area (Å²) in [5, 5.41) is 12.8. The molecule has 2 aromatic carbocycles. The van der Waals surface area contributed by atoms with Crippen molar-refractivity contribution in [1.82, 2.24) is 0 Å². The average Bonchev–Trinajstić information content (AvgIpc) is 2.87. The van der Waals surface area contributed by atoms with Crippen LogP contribution in [-0.2, 0) is 14.4 Å². The summed E-state index contributed by atoms with van der Waals surface area (Å²) in [7, 11) is 0. The molecule has 0 radical (unpaired) electrons.